The first kappa shape index (κ1) is 21.3. The number of aromatic nitrogens is 1. The summed E-state index contributed by atoms with van der Waals surface area (Å²) in [4.78, 5) is 9.52. The molecule has 2 aliphatic rings. The summed E-state index contributed by atoms with van der Waals surface area (Å²) in [7, 11) is -1.15. The fourth-order valence-electron chi connectivity index (χ4n) is 4.50. The predicted octanol–water partition coefficient (Wildman–Crippen LogP) is 2.58. The van der Waals surface area contributed by atoms with Crippen molar-refractivity contribution in [2.75, 3.05) is 44.8 Å². The summed E-state index contributed by atoms with van der Waals surface area (Å²) < 4.78 is 35.0. The Bertz CT molecular complexity index is 1020. The molecule has 0 saturated carbocycles. The van der Waals surface area contributed by atoms with Gasteiger partial charge in [-0.2, -0.15) is 0 Å². The highest BCUT2D eigenvalue weighted by molar-refractivity contribution is 7.91. The van der Waals surface area contributed by atoms with E-state index >= 15 is 0 Å². The third kappa shape index (κ3) is 4.26. The van der Waals surface area contributed by atoms with Crippen LogP contribution in [0.5, 0.6) is 5.75 Å². The maximum absolute atomic E-state index is 11.8. The molecule has 2 fully saturated rings. The van der Waals surface area contributed by atoms with Gasteiger partial charge in [-0.15, -0.1) is 0 Å². The Morgan fingerprint density at radius 1 is 1.13 bits per heavy atom. The normalized spacial score (nSPS) is 22.5. The van der Waals surface area contributed by atoms with E-state index in [2.05, 4.69) is 16.7 Å². The van der Waals surface area contributed by atoms with Gasteiger partial charge in [-0.3, -0.25) is 9.80 Å². The summed E-state index contributed by atoms with van der Waals surface area (Å²) in [6.07, 6.45) is 0.773. The summed E-state index contributed by atoms with van der Waals surface area (Å²) in [5.41, 5.74) is 4.17. The van der Waals surface area contributed by atoms with Crippen LogP contribution >= 0.6 is 0 Å². The maximum Gasteiger partial charge on any atom is 0.226 e. The molecule has 1 aromatic carbocycles. The number of aryl methyl sites for hydroxylation is 1. The molecule has 2 aromatic rings. The second kappa shape index (κ2) is 8.32. The zero-order valence-electron chi connectivity index (χ0n) is 18.3. The first-order chi connectivity index (χ1) is 14.3. The number of benzene rings is 1. The largest absolute Gasteiger partial charge is 0.496 e. The van der Waals surface area contributed by atoms with Crippen molar-refractivity contribution in [3.05, 3.63) is 34.7 Å². The van der Waals surface area contributed by atoms with Crippen LogP contribution in [0.3, 0.4) is 0 Å². The zero-order chi connectivity index (χ0) is 21.5. The number of oxazole rings is 1. The minimum absolute atomic E-state index is 0.193. The zero-order valence-corrected chi connectivity index (χ0v) is 19.1. The van der Waals surface area contributed by atoms with Crippen LogP contribution in [0.1, 0.15) is 29.0 Å². The SMILES string of the molecule is COc1ccc(-c2nc(CN3CCN([C@@H]4CCS(=O)(=O)C4)CC3)c(C)o2)c(C)c1C. The first-order valence-corrected chi connectivity index (χ1v) is 12.4. The molecule has 1 atom stereocenters. The Morgan fingerprint density at radius 2 is 1.87 bits per heavy atom. The van der Waals surface area contributed by atoms with Crippen LogP contribution in [0, 0.1) is 20.8 Å². The second-order valence-corrected chi connectivity index (χ2v) is 10.7. The van der Waals surface area contributed by atoms with Crippen LogP contribution in [-0.2, 0) is 16.4 Å². The van der Waals surface area contributed by atoms with Crippen molar-refractivity contribution < 1.29 is 17.6 Å². The lowest BCUT2D eigenvalue weighted by Crippen LogP contribution is -2.50. The van der Waals surface area contributed by atoms with Crippen molar-refractivity contribution >= 4 is 9.84 Å². The third-order valence-corrected chi connectivity index (χ3v) is 8.34. The molecule has 2 saturated heterocycles. The Labute approximate surface area is 178 Å². The molecule has 0 amide bonds. The van der Waals surface area contributed by atoms with E-state index in [0.717, 1.165) is 73.0 Å². The summed E-state index contributed by atoms with van der Waals surface area (Å²) in [5.74, 6) is 3.03. The van der Waals surface area contributed by atoms with Crippen LogP contribution in [-0.4, -0.2) is 74.0 Å². The number of piperazine rings is 1. The maximum atomic E-state index is 11.8. The van der Waals surface area contributed by atoms with Gasteiger partial charge in [-0.05, 0) is 50.5 Å². The first-order valence-electron chi connectivity index (χ1n) is 10.5. The molecular weight excluding hydrogens is 402 g/mol. The molecule has 7 nitrogen and oxygen atoms in total. The number of methoxy groups -OCH3 is 1. The van der Waals surface area contributed by atoms with Gasteiger partial charge in [0.2, 0.25) is 5.89 Å². The highest BCUT2D eigenvalue weighted by Crippen LogP contribution is 2.32. The molecule has 3 heterocycles. The van der Waals surface area contributed by atoms with Crippen LogP contribution in [0.25, 0.3) is 11.5 Å². The molecule has 0 unspecified atom stereocenters. The molecule has 2 aliphatic heterocycles. The Morgan fingerprint density at radius 3 is 2.50 bits per heavy atom. The highest BCUT2D eigenvalue weighted by Gasteiger charge is 2.33. The van der Waals surface area contributed by atoms with Crippen molar-refractivity contribution in [1.29, 1.82) is 0 Å². The third-order valence-electron chi connectivity index (χ3n) is 6.59. The van der Waals surface area contributed by atoms with Crippen LogP contribution in [0.4, 0.5) is 0 Å². The molecule has 4 rings (SSSR count). The van der Waals surface area contributed by atoms with Gasteiger partial charge >= 0.3 is 0 Å². The van der Waals surface area contributed by atoms with Gasteiger partial charge in [-0.25, -0.2) is 13.4 Å². The second-order valence-electron chi connectivity index (χ2n) is 8.46. The average Bonchev–Trinajstić information content (AvgIpc) is 3.26. The van der Waals surface area contributed by atoms with Gasteiger partial charge < -0.3 is 9.15 Å². The molecular formula is C22H31N3O4S. The lowest BCUT2D eigenvalue weighted by Gasteiger charge is -2.37. The van der Waals surface area contributed by atoms with Gasteiger partial charge in [0.25, 0.3) is 0 Å². The van der Waals surface area contributed by atoms with Crippen molar-refractivity contribution in [2.45, 2.75) is 39.8 Å². The molecule has 0 spiro atoms. The summed E-state index contributed by atoms with van der Waals surface area (Å²) in [6.45, 7) is 10.5. The molecule has 0 N–H and O–H groups in total. The molecule has 1 aromatic heterocycles. The number of hydrogen-bond acceptors (Lipinski definition) is 7. The summed E-state index contributed by atoms with van der Waals surface area (Å²) in [6, 6.07) is 4.16. The summed E-state index contributed by atoms with van der Waals surface area (Å²) in [5, 5.41) is 0. The fourth-order valence-corrected chi connectivity index (χ4v) is 6.26. The highest BCUT2D eigenvalue weighted by atomic mass is 32.2. The minimum atomic E-state index is -2.83. The van der Waals surface area contributed by atoms with Gasteiger partial charge in [-0.1, -0.05) is 0 Å². The van der Waals surface area contributed by atoms with E-state index in [4.69, 9.17) is 14.1 Å². The molecule has 8 heteroatoms. The summed E-state index contributed by atoms with van der Waals surface area (Å²) >= 11 is 0. The Hall–Kier alpha value is -1.90. The van der Waals surface area contributed by atoms with E-state index in [1.807, 2.05) is 26.0 Å². The van der Waals surface area contributed by atoms with Gasteiger partial charge in [0.05, 0.1) is 24.3 Å². The lowest BCUT2D eigenvalue weighted by atomic mass is 10.0. The quantitative estimate of drug-likeness (QED) is 0.717. The number of rotatable bonds is 5. The van der Waals surface area contributed by atoms with E-state index in [1.54, 1.807) is 7.11 Å². The van der Waals surface area contributed by atoms with Crippen LogP contribution < -0.4 is 4.74 Å². The number of hydrogen-bond donors (Lipinski definition) is 0. The van der Waals surface area contributed by atoms with Gasteiger partial charge in [0.15, 0.2) is 9.84 Å². The fraction of sp³-hybridized carbons (Fsp3) is 0.591. The van der Waals surface area contributed by atoms with E-state index in [1.165, 1.54) is 0 Å². The van der Waals surface area contributed by atoms with Crippen molar-refractivity contribution in [3.63, 3.8) is 0 Å². The Kier molecular flexibility index (Phi) is 5.92. The van der Waals surface area contributed by atoms with E-state index in [-0.39, 0.29) is 6.04 Å². The molecule has 0 radical (unpaired) electrons. The van der Waals surface area contributed by atoms with E-state index in [9.17, 15) is 8.42 Å². The predicted molar refractivity (Wildman–Crippen MR) is 117 cm³/mol. The molecule has 0 aliphatic carbocycles. The minimum Gasteiger partial charge on any atom is -0.496 e. The van der Waals surface area contributed by atoms with Gasteiger partial charge in [0, 0.05) is 44.3 Å². The standard InChI is InChI=1S/C22H31N3O4S/c1-15-16(2)21(28-4)6-5-19(15)22-23-20(17(3)29-22)13-24-8-10-25(11-9-24)18-7-12-30(26,27)14-18/h5-6,18H,7-14H2,1-4H3/t18-/m1/s1. The van der Waals surface area contributed by atoms with Crippen molar-refractivity contribution in [3.8, 4) is 17.2 Å². The van der Waals surface area contributed by atoms with E-state index < -0.39 is 9.84 Å². The van der Waals surface area contributed by atoms with Crippen LogP contribution in [0.15, 0.2) is 16.5 Å². The number of nitrogens with zero attached hydrogens (tertiary/aromatic N) is 3. The smallest absolute Gasteiger partial charge is 0.226 e. The molecule has 0 bridgehead atoms. The topological polar surface area (TPSA) is 75.9 Å². The van der Waals surface area contributed by atoms with Crippen molar-refractivity contribution in [1.82, 2.24) is 14.8 Å². The number of ether oxygens (including phenoxy) is 1. The Balaban J connectivity index is 1.41. The molecule has 164 valence electrons. The van der Waals surface area contributed by atoms with E-state index in [0.29, 0.717) is 17.4 Å². The molecule has 30 heavy (non-hydrogen) atoms. The number of sulfone groups is 1. The van der Waals surface area contributed by atoms with Crippen molar-refractivity contribution in [2.24, 2.45) is 0 Å². The van der Waals surface area contributed by atoms with Gasteiger partial charge in [0.1, 0.15) is 11.5 Å². The monoisotopic (exact) mass is 433 g/mol. The average molecular weight is 434 g/mol. The van der Waals surface area contributed by atoms with Crippen LogP contribution in [0.2, 0.25) is 0 Å². The lowest BCUT2D eigenvalue weighted by molar-refractivity contribution is 0.0990.